The highest BCUT2D eigenvalue weighted by molar-refractivity contribution is 5.82. The van der Waals surface area contributed by atoms with Crippen molar-refractivity contribution >= 4 is 5.78 Å². The molecule has 0 radical (unpaired) electrons. The lowest BCUT2D eigenvalue weighted by Gasteiger charge is -2.13. The molecule has 0 bridgehead atoms. The smallest absolute Gasteiger partial charge is 0.136 e. The first-order valence-electron chi connectivity index (χ1n) is 4.86. The third kappa shape index (κ3) is 2.31. The number of hydrogen-bond donors (Lipinski definition) is 0. The van der Waals surface area contributed by atoms with Crippen molar-refractivity contribution in [3.05, 3.63) is 0 Å². The molecule has 1 saturated carbocycles. The molecule has 1 fully saturated rings. The van der Waals surface area contributed by atoms with Crippen LogP contribution in [0.2, 0.25) is 0 Å². The number of carbonyl (C=O) groups is 1. The summed E-state index contributed by atoms with van der Waals surface area (Å²) in [6, 6.07) is 0. The molecule has 70 valence electrons. The van der Waals surface area contributed by atoms with E-state index in [2.05, 4.69) is 6.92 Å². The molecule has 1 aliphatic carbocycles. The molecule has 0 amide bonds. The summed E-state index contributed by atoms with van der Waals surface area (Å²) >= 11 is 0. The summed E-state index contributed by atoms with van der Waals surface area (Å²) in [5.74, 6) is 1.14. The lowest BCUT2D eigenvalue weighted by atomic mass is 9.99. The van der Waals surface area contributed by atoms with E-state index < -0.39 is 0 Å². The Kier molecular flexibility index (Phi) is 3.73. The quantitative estimate of drug-likeness (QED) is 0.603. The second-order valence-electron chi connectivity index (χ2n) is 3.63. The summed E-state index contributed by atoms with van der Waals surface area (Å²) in [5.41, 5.74) is 0. The van der Waals surface area contributed by atoms with Gasteiger partial charge in [0.1, 0.15) is 5.78 Å². The number of hydrogen-bond acceptors (Lipinski definition) is 2. The van der Waals surface area contributed by atoms with Gasteiger partial charge >= 0.3 is 0 Å². The van der Waals surface area contributed by atoms with E-state index in [0.717, 1.165) is 32.5 Å². The Balaban J connectivity index is 2.20. The topological polar surface area (TPSA) is 26.3 Å². The molecule has 2 heteroatoms. The second kappa shape index (κ2) is 4.61. The van der Waals surface area contributed by atoms with Crippen LogP contribution >= 0.6 is 0 Å². The van der Waals surface area contributed by atoms with E-state index in [1.807, 2.05) is 6.92 Å². The number of Topliss-reactive ketones (excluding diaryl/α,β-unsaturated/α-hetero) is 1. The first-order chi connectivity index (χ1) is 5.75. The number of ether oxygens (including phenoxy) is 1. The van der Waals surface area contributed by atoms with Crippen LogP contribution < -0.4 is 0 Å². The molecule has 0 spiro atoms. The van der Waals surface area contributed by atoms with Gasteiger partial charge in [0.25, 0.3) is 0 Å². The fraction of sp³-hybridized carbons (Fsp3) is 0.900. The van der Waals surface area contributed by atoms with Crippen molar-refractivity contribution < 1.29 is 9.53 Å². The summed E-state index contributed by atoms with van der Waals surface area (Å²) in [5, 5.41) is 0. The normalized spacial score (nSPS) is 29.7. The summed E-state index contributed by atoms with van der Waals surface area (Å²) in [6.07, 6.45) is 2.86. The van der Waals surface area contributed by atoms with E-state index in [4.69, 9.17) is 4.74 Å². The first-order valence-corrected chi connectivity index (χ1v) is 4.86. The van der Waals surface area contributed by atoms with Gasteiger partial charge in [-0.15, -0.1) is 0 Å². The van der Waals surface area contributed by atoms with Crippen molar-refractivity contribution in [3.8, 4) is 0 Å². The Morgan fingerprint density at radius 2 is 2.33 bits per heavy atom. The van der Waals surface area contributed by atoms with Crippen molar-refractivity contribution in [3.63, 3.8) is 0 Å². The van der Waals surface area contributed by atoms with Gasteiger partial charge in [-0.05, 0) is 18.8 Å². The maximum Gasteiger partial charge on any atom is 0.136 e. The highest BCUT2D eigenvalue weighted by atomic mass is 16.5. The number of carbonyl (C=O) groups excluding carboxylic acids is 1. The summed E-state index contributed by atoms with van der Waals surface area (Å²) < 4.78 is 5.43. The Labute approximate surface area is 74.3 Å². The van der Waals surface area contributed by atoms with Crippen molar-refractivity contribution in [1.82, 2.24) is 0 Å². The molecule has 2 unspecified atom stereocenters. The molecule has 1 aliphatic rings. The Morgan fingerprint density at radius 1 is 1.58 bits per heavy atom. The minimum atomic E-state index is 0.238. The zero-order valence-corrected chi connectivity index (χ0v) is 8.01. The van der Waals surface area contributed by atoms with Crippen LogP contribution in [-0.2, 0) is 9.53 Å². The maximum absolute atomic E-state index is 11.2. The molecule has 12 heavy (non-hydrogen) atoms. The van der Waals surface area contributed by atoms with Gasteiger partial charge in [-0.3, -0.25) is 4.79 Å². The first kappa shape index (κ1) is 9.72. The summed E-state index contributed by atoms with van der Waals surface area (Å²) in [7, 11) is 0. The molecule has 0 aromatic rings. The van der Waals surface area contributed by atoms with E-state index in [1.54, 1.807) is 0 Å². The monoisotopic (exact) mass is 170 g/mol. The standard InChI is InChI=1S/C10H18O2/c1-3-6-12-7-9-4-5-10(11)8(9)2/h8-9H,3-7H2,1-2H3. The maximum atomic E-state index is 11.2. The lowest BCUT2D eigenvalue weighted by Crippen LogP contribution is -2.16. The molecule has 0 saturated heterocycles. The highest BCUT2D eigenvalue weighted by Crippen LogP contribution is 2.28. The van der Waals surface area contributed by atoms with Crippen LogP contribution in [0.15, 0.2) is 0 Å². The van der Waals surface area contributed by atoms with E-state index in [0.29, 0.717) is 11.7 Å². The minimum Gasteiger partial charge on any atom is -0.381 e. The van der Waals surface area contributed by atoms with Crippen LogP contribution in [0, 0.1) is 11.8 Å². The van der Waals surface area contributed by atoms with Crippen molar-refractivity contribution in [1.29, 1.82) is 0 Å². The Bertz CT molecular complexity index is 154. The SMILES string of the molecule is CCCOCC1CCC(=O)C1C. The van der Waals surface area contributed by atoms with Crippen LogP contribution in [0.3, 0.4) is 0 Å². The van der Waals surface area contributed by atoms with Gasteiger partial charge in [0.15, 0.2) is 0 Å². The zero-order chi connectivity index (χ0) is 8.97. The van der Waals surface area contributed by atoms with E-state index in [-0.39, 0.29) is 5.92 Å². The van der Waals surface area contributed by atoms with E-state index >= 15 is 0 Å². The third-order valence-electron chi connectivity index (χ3n) is 2.66. The van der Waals surface area contributed by atoms with Crippen LogP contribution in [0.1, 0.15) is 33.1 Å². The Morgan fingerprint density at radius 3 is 2.83 bits per heavy atom. The van der Waals surface area contributed by atoms with Crippen molar-refractivity contribution in [2.75, 3.05) is 13.2 Å². The van der Waals surface area contributed by atoms with Crippen LogP contribution in [0.25, 0.3) is 0 Å². The lowest BCUT2D eigenvalue weighted by molar-refractivity contribution is -0.121. The minimum absolute atomic E-state index is 0.238. The van der Waals surface area contributed by atoms with Crippen molar-refractivity contribution in [2.24, 2.45) is 11.8 Å². The average molecular weight is 170 g/mol. The molecular formula is C10H18O2. The highest BCUT2D eigenvalue weighted by Gasteiger charge is 2.30. The second-order valence-corrected chi connectivity index (χ2v) is 3.63. The molecule has 2 nitrogen and oxygen atoms in total. The van der Waals surface area contributed by atoms with Gasteiger partial charge < -0.3 is 4.74 Å². The fourth-order valence-electron chi connectivity index (χ4n) is 1.67. The zero-order valence-electron chi connectivity index (χ0n) is 8.01. The molecule has 0 aliphatic heterocycles. The predicted molar refractivity (Wildman–Crippen MR) is 48.0 cm³/mol. The van der Waals surface area contributed by atoms with Gasteiger partial charge in [0.2, 0.25) is 0 Å². The molecule has 0 aromatic heterocycles. The number of rotatable bonds is 4. The number of ketones is 1. The fourth-order valence-corrected chi connectivity index (χ4v) is 1.67. The summed E-state index contributed by atoms with van der Waals surface area (Å²) in [6.45, 7) is 5.73. The molecular weight excluding hydrogens is 152 g/mol. The van der Waals surface area contributed by atoms with Gasteiger partial charge in [0, 0.05) is 18.9 Å². The average Bonchev–Trinajstić information content (AvgIpc) is 2.36. The van der Waals surface area contributed by atoms with Gasteiger partial charge in [-0.25, -0.2) is 0 Å². The molecule has 1 rings (SSSR count). The van der Waals surface area contributed by atoms with Crippen LogP contribution in [-0.4, -0.2) is 19.0 Å². The molecule has 2 atom stereocenters. The van der Waals surface area contributed by atoms with E-state index in [9.17, 15) is 4.79 Å². The van der Waals surface area contributed by atoms with Gasteiger partial charge in [-0.1, -0.05) is 13.8 Å². The van der Waals surface area contributed by atoms with Crippen LogP contribution in [0.4, 0.5) is 0 Å². The molecule has 0 aromatic carbocycles. The van der Waals surface area contributed by atoms with E-state index in [1.165, 1.54) is 0 Å². The van der Waals surface area contributed by atoms with Gasteiger partial charge in [-0.2, -0.15) is 0 Å². The largest absolute Gasteiger partial charge is 0.381 e. The Hall–Kier alpha value is -0.370. The molecule has 0 N–H and O–H groups in total. The summed E-state index contributed by atoms with van der Waals surface area (Å²) in [4.78, 5) is 11.2. The van der Waals surface area contributed by atoms with Gasteiger partial charge in [0.05, 0.1) is 6.61 Å². The predicted octanol–water partition coefficient (Wildman–Crippen LogP) is 2.03. The molecule has 0 heterocycles. The van der Waals surface area contributed by atoms with Crippen molar-refractivity contribution in [2.45, 2.75) is 33.1 Å². The third-order valence-corrected chi connectivity index (χ3v) is 2.66. The van der Waals surface area contributed by atoms with Crippen LogP contribution in [0.5, 0.6) is 0 Å².